The van der Waals surface area contributed by atoms with Crippen molar-refractivity contribution >= 4 is 15.9 Å². The Hall–Kier alpha value is -0.570. The maximum atomic E-state index is 13.1. The second-order valence-electron chi connectivity index (χ2n) is 3.15. The van der Waals surface area contributed by atoms with Crippen LogP contribution in [0.2, 0.25) is 0 Å². The molecule has 0 bridgehead atoms. The highest BCUT2D eigenvalue weighted by Crippen LogP contribution is 2.31. The molecular weight excluding hydrogens is 235 g/mol. The number of hydrogen-bond donors (Lipinski definition) is 0. The molecule has 0 aliphatic heterocycles. The minimum atomic E-state index is -0.237. The predicted octanol–water partition coefficient (Wildman–Crippen LogP) is 3.68. The van der Waals surface area contributed by atoms with Crippen LogP contribution in [0, 0.1) is 12.7 Å². The van der Waals surface area contributed by atoms with E-state index < -0.39 is 0 Å². The van der Waals surface area contributed by atoms with E-state index in [1.165, 1.54) is 6.07 Å². The van der Waals surface area contributed by atoms with Crippen molar-refractivity contribution < 1.29 is 9.13 Å². The number of ether oxygens (including phenoxy) is 1. The molecule has 0 aromatic heterocycles. The van der Waals surface area contributed by atoms with Crippen molar-refractivity contribution in [3.05, 3.63) is 28.0 Å². The van der Waals surface area contributed by atoms with Crippen LogP contribution in [-0.2, 0) is 0 Å². The van der Waals surface area contributed by atoms with Gasteiger partial charge in [0.05, 0.1) is 10.6 Å². The Balaban J connectivity index is 3.10. The van der Waals surface area contributed by atoms with Crippen LogP contribution in [-0.4, -0.2) is 6.10 Å². The van der Waals surface area contributed by atoms with Crippen LogP contribution in [0.15, 0.2) is 16.6 Å². The van der Waals surface area contributed by atoms with Gasteiger partial charge in [-0.15, -0.1) is 0 Å². The van der Waals surface area contributed by atoms with Crippen LogP contribution in [0.4, 0.5) is 4.39 Å². The third-order valence-corrected chi connectivity index (χ3v) is 2.27. The van der Waals surface area contributed by atoms with Crippen molar-refractivity contribution in [1.29, 1.82) is 0 Å². The molecule has 0 N–H and O–H groups in total. The first-order chi connectivity index (χ1) is 6.02. The van der Waals surface area contributed by atoms with Gasteiger partial charge in [0.25, 0.3) is 0 Å². The molecule has 0 spiro atoms. The Morgan fingerprint density at radius 2 is 2.00 bits per heavy atom. The predicted molar refractivity (Wildman–Crippen MR) is 54.6 cm³/mol. The minimum absolute atomic E-state index is 0.0526. The molecule has 0 aliphatic carbocycles. The Bertz CT molecular complexity index is 310. The van der Waals surface area contributed by atoms with Crippen molar-refractivity contribution in [3.63, 3.8) is 0 Å². The molecule has 1 rings (SSSR count). The average Bonchev–Trinajstić information content (AvgIpc) is 2.05. The summed E-state index contributed by atoms with van der Waals surface area (Å²) in [5.41, 5.74) is 0.545. The third-order valence-electron chi connectivity index (χ3n) is 1.65. The smallest absolute Gasteiger partial charge is 0.139 e. The summed E-state index contributed by atoms with van der Waals surface area (Å²) in [4.78, 5) is 0. The van der Waals surface area contributed by atoms with Crippen LogP contribution in [0.5, 0.6) is 5.75 Å². The van der Waals surface area contributed by atoms with Crippen LogP contribution >= 0.6 is 15.9 Å². The monoisotopic (exact) mass is 246 g/mol. The molecule has 0 aliphatic rings. The van der Waals surface area contributed by atoms with Gasteiger partial charge in [-0.3, -0.25) is 0 Å². The fourth-order valence-electron chi connectivity index (χ4n) is 1.01. The molecule has 0 amide bonds. The van der Waals surface area contributed by atoms with Crippen molar-refractivity contribution in [2.45, 2.75) is 26.9 Å². The second-order valence-corrected chi connectivity index (χ2v) is 4.00. The Morgan fingerprint density at radius 1 is 1.38 bits per heavy atom. The van der Waals surface area contributed by atoms with E-state index in [1.54, 1.807) is 13.0 Å². The third kappa shape index (κ3) is 2.44. The van der Waals surface area contributed by atoms with Gasteiger partial charge >= 0.3 is 0 Å². The summed E-state index contributed by atoms with van der Waals surface area (Å²) in [5, 5.41) is 0. The zero-order valence-electron chi connectivity index (χ0n) is 7.90. The summed E-state index contributed by atoms with van der Waals surface area (Å²) in [5.74, 6) is 0.355. The molecule has 0 fully saturated rings. The number of rotatable bonds is 2. The highest BCUT2D eigenvalue weighted by Gasteiger charge is 2.10. The van der Waals surface area contributed by atoms with E-state index in [-0.39, 0.29) is 11.9 Å². The number of benzene rings is 1. The van der Waals surface area contributed by atoms with Crippen molar-refractivity contribution in [3.8, 4) is 5.75 Å². The molecule has 0 atom stereocenters. The van der Waals surface area contributed by atoms with Gasteiger partial charge in [0, 0.05) is 5.56 Å². The van der Waals surface area contributed by atoms with E-state index in [4.69, 9.17) is 4.74 Å². The molecule has 0 saturated carbocycles. The highest BCUT2D eigenvalue weighted by atomic mass is 79.9. The molecular formula is C10H12BrFO. The molecule has 72 valence electrons. The Labute approximate surface area is 86.0 Å². The normalized spacial score (nSPS) is 10.6. The van der Waals surface area contributed by atoms with E-state index in [1.807, 2.05) is 13.8 Å². The van der Waals surface area contributed by atoms with E-state index in [2.05, 4.69) is 15.9 Å². The van der Waals surface area contributed by atoms with Gasteiger partial charge in [0.15, 0.2) is 0 Å². The summed E-state index contributed by atoms with van der Waals surface area (Å²) < 4.78 is 19.4. The average molecular weight is 247 g/mol. The van der Waals surface area contributed by atoms with Gasteiger partial charge in [0.1, 0.15) is 11.6 Å². The number of halogens is 2. The van der Waals surface area contributed by atoms with Crippen molar-refractivity contribution in [1.82, 2.24) is 0 Å². The summed E-state index contributed by atoms with van der Waals surface area (Å²) in [6.45, 7) is 5.53. The first-order valence-electron chi connectivity index (χ1n) is 4.13. The maximum absolute atomic E-state index is 13.1. The largest absolute Gasteiger partial charge is 0.489 e. The molecule has 1 nitrogen and oxygen atoms in total. The van der Waals surface area contributed by atoms with Gasteiger partial charge < -0.3 is 4.74 Å². The lowest BCUT2D eigenvalue weighted by Crippen LogP contribution is -2.07. The van der Waals surface area contributed by atoms with Gasteiger partial charge in [0.2, 0.25) is 0 Å². The van der Waals surface area contributed by atoms with Gasteiger partial charge in [-0.2, -0.15) is 0 Å². The molecule has 3 heteroatoms. The minimum Gasteiger partial charge on any atom is -0.489 e. The van der Waals surface area contributed by atoms with Crippen molar-refractivity contribution in [2.75, 3.05) is 0 Å². The zero-order valence-corrected chi connectivity index (χ0v) is 9.48. The SMILES string of the molecule is Cc1c(F)ccc(Br)c1OC(C)C. The van der Waals surface area contributed by atoms with Gasteiger partial charge in [-0.05, 0) is 48.8 Å². The first-order valence-corrected chi connectivity index (χ1v) is 4.93. The fourth-order valence-corrected chi connectivity index (χ4v) is 1.54. The topological polar surface area (TPSA) is 9.23 Å². The molecule has 0 saturated heterocycles. The molecule has 0 radical (unpaired) electrons. The molecule has 0 unspecified atom stereocenters. The lowest BCUT2D eigenvalue weighted by molar-refractivity contribution is 0.238. The van der Waals surface area contributed by atoms with Crippen LogP contribution in [0.25, 0.3) is 0 Å². The summed E-state index contributed by atoms with van der Waals surface area (Å²) in [6, 6.07) is 3.08. The Kier molecular flexibility index (Phi) is 3.31. The summed E-state index contributed by atoms with van der Waals surface area (Å²) in [6.07, 6.45) is 0.0526. The van der Waals surface area contributed by atoms with E-state index in [0.29, 0.717) is 11.3 Å². The highest BCUT2D eigenvalue weighted by molar-refractivity contribution is 9.10. The summed E-state index contributed by atoms with van der Waals surface area (Å²) >= 11 is 3.32. The quantitative estimate of drug-likeness (QED) is 0.774. The van der Waals surface area contributed by atoms with Crippen LogP contribution < -0.4 is 4.74 Å². The second kappa shape index (κ2) is 4.09. The van der Waals surface area contributed by atoms with E-state index in [0.717, 1.165) is 4.47 Å². The van der Waals surface area contributed by atoms with E-state index >= 15 is 0 Å². The number of hydrogen-bond acceptors (Lipinski definition) is 1. The first kappa shape index (κ1) is 10.5. The van der Waals surface area contributed by atoms with Gasteiger partial charge in [-0.25, -0.2) is 4.39 Å². The van der Waals surface area contributed by atoms with E-state index in [9.17, 15) is 4.39 Å². The fraction of sp³-hybridized carbons (Fsp3) is 0.400. The zero-order chi connectivity index (χ0) is 10.0. The van der Waals surface area contributed by atoms with Crippen LogP contribution in [0.1, 0.15) is 19.4 Å². The summed E-state index contributed by atoms with van der Waals surface area (Å²) in [7, 11) is 0. The maximum Gasteiger partial charge on any atom is 0.139 e. The van der Waals surface area contributed by atoms with Gasteiger partial charge in [-0.1, -0.05) is 0 Å². The molecule has 1 aromatic rings. The standard InChI is InChI=1S/C10H12BrFO/c1-6(2)13-10-7(3)9(12)5-4-8(10)11/h4-6H,1-3H3. The molecule has 0 heterocycles. The molecule has 1 aromatic carbocycles. The lowest BCUT2D eigenvalue weighted by Gasteiger charge is -2.14. The lowest BCUT2D eigenvalue weighted by atomic mass is 10.2. The molecule has 13 heavy (non-hydrogen) atoms. The van der Waals surface area contributed by atoms with Crippen molar-refractivity contribution in [2.24, 2.45) is 0 Å². The Morgan fingerprint density at radius 3 is 2.54 bits per heavy atom. The van der Waals surface area contributed by atoms with Crippen LogP contribution in [0.3, 0.4) is 0 Å².